The summed E-state index contributed by atoms with van der Waals surface area (Å²) in [6.45, 7) is 9.97. The molecule has 1 aromatic rings. The topological polar surface area (TPSA) is 33.5 Å². The second kappa shape index (κ2) is 7.01. The van der Waals surface area contributed by atoms with Crippen LogP contribution in [0.1, 0.15) is 37.1 Å². The third kappa shape index (κ3) is 3.93. The first-order valence-electron chi connectivity index (χ1n) is 10.0. The Morgan fingerprint density at radius 2 is 1.96 bits per heavy atom. The lowest BCUT2D eigenvalue weighted by atomic mass is 9.71. The molecule has 2 aliphatic heterocycles. The second-order valence-corrected chi connectivity index (χ2v) is 8.91. The zero-order valence-electron chi connectivity index (χ0n) is 16.2. The zero-order valence-corrected chi connectivity index (χ0v) is 16.2. The normalized spacial score (nSPS) is 27.4. The van der Waals surface area contributed by atoms with Crippen molar-refractivity contribution in [1.82, 2.24) is 19.6 Å². The molecule has 3 aliphatic rings. The number of piperidine rings is 1. The van der Waals surface area contributed by atoms with E-state index < -0.39 is 0 Å². The molecule has 0 radical (unpaired) electrons. The molecule has 0 unspecified atom stereocenters. The monoisotopic (exact) mass is 346 g/mol. The lowest BCUT2D eigenvalue weighted by molar-refractivity contribution is 0.0163. The van der Waals surface area contributed by atoms with Gasteiger partial charge in [-0.25, -0.2) is 0 Å². The molecular formula is C20H34N4O. The van der Waals surface area contributed by atoms with E-state index in [-0.39, 0.29) is 0 Å². The van der Waals surface area contributed by atoms with Crippen molar-refractivity contribution in [1.29, 1.82) is 0 Å². The predicted octanol–water partition coefficient (Wildman–Crippen LogP) is 2.30. The third-order valence-electron chi connectivity index (χ3n) is 6.69. The van der Waals surface area contributed by atoms with Gasteiger partial charge in [0.1, 0.15) is 0 Å². The van der Waals surface area contributed by atoms with Gasteiger partial charge in [0.05, 0.1) is 18.0 Å². The van der Waals surface area contributed by atoms with Crippen molar-refractivity contribution in [2.24, 2.45) is 24.3 Å². The van der Waals surface area contributed by atoms with Crippen molar-refractivity contribution in [2.75, 3.05) is 46.4 Å². The van der Waals surface area contributed by atoms with E-state index >= 15 is 0 Å². The van der Waals surface area contributed by atoms with Crippen LogP contribution in [-0.4, -0.2) is 66.0 Å². The maximum absolute atomic E-state index is 6.11. The summed E-state index contributed by atoms with van der Waals surface area (Å²) >= 11 is 0. The first kappa shape index (κ1) is 17.5. The summed E-state index contributed by atoms with van der Waals surface area (Å²) < 4.78 is 8.15. The molecule has 0 bridgehead atoms. The maximum atomic E-state index is 6.11. The van der Waals surface area contributed by atoms with Crippen molar-refractivity contribution in [3.63, 3.8) is 0 Å². The quantitative estimate of drug-likeness (QED) is 0.791. The van der Waals surface area contributed by atoms with Crippen LogP contribution in [0.15, 0.2) is 6.07 Å². The number of rotatable bonds is 6. The van der Waals surface area contributed by atoms with Crippen LogP contribution in [0.5, 0.6) is 0 Å². The smallest absolute Gasteiger partial charge is 0.0597 e. The van der Waals surface area contributed by atoms with Crippen LogP contribution in [0, 0.1) is 24.2 Å². The van der Waals surface area contributed by atoms with Gasteiger partial charge in [0.15, 0.2) is 0 Å². The summed E-state index contributed by atoms with van der Waals surface area (Å²) in [5.74, 6) is 1.59. The molecule has 140 valence electrons. The van der Waals surface area contributed by atoms with E-state index in [2.05, 4.69) is 42.0 Å². The molecule has 1 saturated carbocycles. The van der Waals surface area contributed by atoms with Gasteiger partial charge < -0.3 is 9.64 Å². The molecule has 1 spiro atoms. The summed E-state index contributed by atoms with van der Waals surface area (Å²) in [6, 6.07) is 2.22. The Balaban J connectivity index is 1.32. The van der Waals surface area contributed by atoms with E-state index in [1.54, 1.807) is 0 Å². The number of likely N-dealkylation sites (tertiary alicyclic amines) is 2. The fourth-order valence-corrected chi connectivity index (χ4v) is 4.96. The molecule has 1 aliphatic carbocycles. The van der Waals surface area contributed by atoms with Gasteiger partial charge in [-0.1, -0.05) is 0 Å². The van der Waals surface area contributed by atoms with E-state index in [0.29, 0.717) is 5.41 Å². The number of nitrogens with zero attached hydrogens (tertiary/aromatic N) is 4. The van der Waals surface area contributed by atoms with Crippen molar-refractivity contribution in [2.45, 2.75) is 39.2 Å². The van der Waals surface area contributed by atoms with Crippen LogP contribution < -0.4 is 0 Å². The van der Waals surface area contributed by atoms with Gasteiger partial charge in [-0.05, 0) is 70.1 Å². The highest BCUT2D eigenvalue weighted by Gasteiger charge is 2.47. The molecule has 0 aromatic carbocycles. The number of ether oxygens (including phenoxy) is 1. The minimum absolute atomic E-state index is 0.483. The fraction of sp³-hybridized carbons (Fsp3) is 0.850. The molecular weight excluding hydrogens is 312 g/mol. The number of aryl methyl sites for hydroxylation is 2. The standard InChI is InChI=1S/C20H34N4O/c1-16-10-19(23(3)21-16)12-24-8-6-20(7-9-24)15-22(2)11-18(20)14-25-13-17-4-5-17/h10,17-18H,4-9,11-15H2,1-3H3/t18-/m1/s1. The van der Waals surface area contributed by atoms with E-state index in [9.17, 15) is 0 Å². The van der Waals surface area contributed by atoms with E-state index in [0.717, 1.165) is 37.3 Å². The van der Waals surface area contributed by atoms with Gasteiger partial charge in [0.25, 0.3) is 0 Å². The molecule has 1 atom stereocenters. The largest absolute Gasteiger partial charge is 0.381 e. The Kier molecular flexibility index (Phi) is 4.91. The molecule has 2 saturated heterocycles. The van der Waals surface area contributed by atoms with Crippen LogP contribution in [0.25, 0.3) is 0 Å². The van der Waals surface area contributed by atoms with Crippen molar-refractivity contribution in [3.05, 3.63) is 17.5 Å². The predicted molar refractivity (Wildman–Crippen MR) is 99.4 cm³/mol. The molecule has 25 heavy (non-hydrogen) atoms. The highest BCUT2D eigenvalue weighted by atomic mass is 16.5. The van der Waals surface area contributed by atoms with Crippen LogP contribution in [0.4, 0.5) is 0 Å². The summed E-state index contributed by atoms with van der Waals surface area (Å²) in [5, 5.41) is 4.49. The van der Waals surface area contributed by atoms with E-state index in [4.69, 9.17) is 4.74 Å². The maximum Gasteiger partial charge on any atom is 0.0597 e. The first-order valence-corrected chi connectivity index (χ1v) is 10.0. The van der Waals surface area contributed by atoms with E-state index in [1.807, 2.05) is 4.68 Å². The summed E-state index contributed by atoms with van der Waals surface area (Å²) in [4.78, 5) is 5.15. The number of hydrogen-bond donors (Lipinski definition) is 0. The molecule has 5 nitrogen and oxygen atoms in total. The van der Waals surface area contributed by atoms with Crippen LogP contribution in [-0.2, 0) is 18.3 Å². The summed E-state index contributed by atoms with van der Waals surface area (Å²) in [7, 11) is 4.35. The van der Waals surface area contributed by atoms with Gasteiger partial charge in [-0.15, -0.1) is 0 Å². The highest BCUT2D eigenvalue weighted by Crippen LogP contribution is 2.44. The van der Waals surface area contributed by atoms with Crippen LogP contribution >= 0.6 is 0 Å². The molecule has 0 amide bonds. The van der Waals surface area contributed by atoms with Gasteiger partial charge in [0.2, 0.25) is 0 Å². The fourth-order valence-electron chi connectivity index (χ4n) is 4.96. The summed E-state index contributed by atoms with van der Waals surface area (Å²) in [5.41, 5.74) is 2.94. The Morgan fingerprint density at radius 3 is 2.60 bits per heavy atom. The third-order valence-corrected chi connectivity index (χ3v) is 6.69. The molecule has 1 aromatic heterocycles. The Labute approximate surface area is 152 Å². The van der Waals surface area contributed by atoms with Gasteiger partial charge in [0, 0.05) is 39.2 Å². The van der Waals surface area contributed by atoms with Gasteiger partial charge in [-0.2, -0.15) is 5.10 Å². The molecule has 5 heteroatoms. The first-order chi connectivity index (χ1) is 12.0. The summed E-state index contributed by atoms with van der Waals surface area (Å²) in [6.07, 6.45) is 5.40. The lowest BCUT2D eigenvalue weighted by Gasteiger charge is -2.42. The Hall–Kier alpha value is -0.910. The van der Waals surface area contributed by atoms with Crippen molar-refractivity contribution >= 4 is 0 Å². The number of aromatic nitrogens is 2. The van der Waals surface area contributed by atoms with Crippen molar-refractivity contribution in [3.8, 4) is 0 Å². The van der Waals surface area contributed by atoms with Gasteiger partial charge in [-0.3, -0.25) is 9.58 Å². The second-order valence-electron chi connectivity index (χ2n) is 8.91. The highest BCUT2D eigenvalue weighted by molar-refractivity contribution is 5.09. The number of hydrogen-bond acceptors (Lipinski definition) is 4. The minimum Gasteiger partial charge on any atom is -0.381 e. The SMILES string of the molecule is Cc1cc(CN2CCC3(CC2)CN(C)C[C@@H]3COCC2CC2)n(C)n1. The van der Waals surface area contributed by atoms with Crippen LogP contribution in [0.2, 0.25) is 0 Å². The van der Waals surface area contributed by atoms with E-state index in [1.165, 1.54) is 57.6 Å². The molecule has 0 N–H and O–H groups in total. The van der Waals surface area contributed by atoms with Gasteiger partial charge >= 0.3 is 0 Å². The lowest BCUT2D eigenvalue weighted by Crippen LogP contribution is -2.45. The molecule has 3 fully saturated rings. The van der Waals surface area contributed by atoms with Crippen molar-refractivity contribution < 1.29 is 4.74 Å². The average Bonchev–Trinajstić information content (AvgIpc) is 3.27. The molecule has 4 rings (SSSR count). The average molecular weight is 347 g/mol. The Morgan fingerprint density at radius 1 is 1.20 bits per heavy atom. The molecule has 3 heterocycles. The van der Waals surface area contributed by atoms with Crippen LogP contribution in [0.3, 0.4) is 0 Å². The minimum atomic E-state index is 0.483. The zero-order chi connectivity index (χ0) is 17.4. The Bertz CT molecular complexity index is 587.